The third kappa shape index (κ3) is 3.59. The summed E-state index contributed by atoms with van der Waals surface area (Å²) in [6.45, 7) is 7.29. The number of aromatic nitrogens is 2. The van der Waals surface area contributed by atoms with Crippen LogP contribution in [0.1, 0.15) is 32.4 Å². The summed E-state index contributed by atoms with van der Waals surface area (Å²) in [7, 11) is 0. The molecule has 0 fully saturated rings. The van der Waals surface area contributed by atoms with Gasteiger partial charge in [0.25, 0.3) is 0 Å². The Hall–Kier alpha value is -0.830. The molecule has 13 heavy (non-hydrogen) atoms. The van der Waals surface area contributed by atoms with Crippen molar-refractivity contribution in [1.82, 2.24) is 14.9 Å². The summed E-state index contributed by atoms with van der Waals surface area (Å²) in [6.07, 6.45) is 6.51. The van der Waals surface area contributed by atoms with Crippen molar-refractivity contribution in [1.29, 1.82) is 0 Å². The Labute approximate surface area is 80.2 Å². The van der Waals surface area contributed by atoms with Crippen molar-refractivity contribution in [3.63, 3.8) is 0 Å². The Morgan fingerprint density at radius 1 is 1.46 bits per heavy atom. The summed E-state index contributed by atoms with van der Waals surface area (Å²) in [6, 6.07) is 0. The Kier molecular flexibility index (Phi) is 4.54. The molecule has 0 spiro atoms. The number of unbranched alkanes of at least 4 members (excludes halogenated alkanes) is 1. The highest BCUT2D eigenvalue weighted by atomic mass is 15.0. The van der Waals surface area contributed by atoms with E-state index in [9.17, 15) is 0 Å². The monoisotopic (exact) mass is 181 g/mol. The minimum absolute atomic E-state index is 0.885. The number of hydrogen-bond donors (Lipinski definition) is 1. The molecule has 1 heterocycles. The fourth-order valence-corrected chi connectivity index (χ4v) is 1.21. The van der Waals surface area contributed by atoms with Crippen LogP contribution in [0, 0.1) is 0 Å². The van der Waals surface area contributed by atoms with Crippen molar-refractivity contribution in [3.8, 4) is 0 Å². The fraction of sp³-hybridized carbons (Fsp3) is 0.700. The zero-order valence-corrected chi connectivity index (χ0v) is 8.58. The maximum absolute atomic E-state index is 4.31. The normalized spacial score (nSPS) is 10.6. The van der Waals surface area contributed by atoms with E-state index >= 15 is 0 Å². The first-order chi connectivity index (χ1) is 6.36. The Morgan fingerprint density at radius 2 is 2.31 bits per heavy atom. The largest absolute Gasteiger partial charge is 0.337 e. The highest BCUT2D eigenvalue weighted by Crippen LogP contribution is 1.98. The lowest BCUT2D eigenvalue weighted by Crippen LogP contribution is -2.11. The maximum Gasteiger partial charge on any atom is 0.0949 e. The fourth-order valence-electron chi connectivity index (χ4n) is 1.21. The first-order valence-electron chi connectivity index (χ1n) is 5.08. The van der Waals surface area contributed by atoms with E-state index in [0.717, 1.165) is 25.3 Å². The number of nitrogens with zero attached hydrogens (tertiary/aromatic N) is 2. The lowest BCUT2D eigenvalue weighted by molar-refractivity contribution is 0.630. The van der Waals surface area contributed by atoms with Gasteiger partial charge in [-0.3, -0.25) is 0 Å². The molecule has 0 saturated carbocycles. The van der Waals surface area contributed by atoms with Gasteiger partial charge in [0.05, 0.1) is 12.0 Å². The first-order valence-corrected chi connectivity index (χ1v) is 5.08. The van der Waals surface area contributed by atoms with E-state index in [2.05, 4.69) is 34.9 Å². The predicted molar refractivity (Wildman–Crippen MR) is 54.5 cm³/mol. The lowest BCUT2D eigenvalue weighted by atomic mass is 10.3. The molecule has 74 valence electrons. The van der Waals surface area contributed by atoms with Crippen molar-refractivity contribution in [2.75, 3.05) is 6.54 Å². The molecule has 0 aliphatic rings. The second kappa shape index (κ2) is 5.75. The molecular formula is C10H19N3. The first kappa shape index (κ1) is 10.3. The van der Waals surface area contributed by atoms with Gasteiger partial charge >= 0.3 is 0 Å². The van der Waals surface area contributed by atoms with Gasteiger partial charge in [-0.2, -0.15) is 0 Å². The highest BCUT2D eigenvalue weighted by molar-refractivity contribution is 4.95. The quantitative estimate of drug-likeness (QED) is 0.725. The Bertz CT molecular complexity index is 207. The van der Waals surface area contributed by atoms with Crippen LogP contribution in [0.5, 0.6) is 0 Å². The Morgan fingerprint density at radius 3 is 3.00 bits per heavy atom. The van der Waals surface area contributed by atoms with E-state index in [4.69, 9.17) is 0 Å². The van der Waals surface area contributed by atoms with Crippen LogP contribution in [0.3, 0.4) is 0 Å². The van der Waals surface area contributed by atoms with Gasteiger partial charge in [-0.05, 0) is 13.0 Å². The topological polar surface area (TPSA) is 29.9 Å². The number of hydrogen-bond acceptors (Lipinski definition) is 2. The van der Waals surface area contributed by atoms with Gasteiger partial charge in [0.1, 0.15) is 0 Å². The number of nitrogens with one attached hydrogen (secondary N) is 1. The van der Waals surface area contributed by atoms with E-state index in [-0.39, 0.29) is 0 Å². The van der Waals surface area contributed by atoms with Crippen molar-refractivity contribution >= 4 is 0 Å². The average Bonchev–Trinajstić information content (AvgIpc) is 2.59. The van der Waals surface area contributed by atoms with Crippen LogP contribution in [-0.4, -0.2) is 16.1 Å². The summed E-state index contributed by atoms with van der Waals surface area (Å²) in [5.74, 6) is 0. The minimum atomic E-state index is 0.885. The van der Waals surface area contributed by atoms with Crippen LogP contribution in [0.15, 0.2) is 12.5 Å². The Balaban J connectivity index is 2.34. The smallest absolute Gasteiger partial charge is 0.0949 e. The molecule has 1 rings (SSSR count). The van der Waals surface area contributed by atoms with Crippen LogP contribution < -0.4 is 5.32 Å². The van der Waals surface area contributed by atoms with Crippen LogP contribution in [0.25, 0.3) is 0 Å². The summed E-state index contributed by atoms with van der Waals surface area (Å²) < 4.78 is 2.16. The third-order valence-electron chi connectivity index (χ3n) is 2.01. The zero-order chi connectivity index (χ0) is 9.52. The van der Waals surface area contributed by atoms with E-state index in [0.29, 0.717) is 0 Å². The van der Waals surface area contributed by atoms with Crippen molar-refractivity contribution in [2.45, 2.75) is 39.8 Å². The van der Waals surface area contributed by atoms with Gasteiger partial charge in [-0.25, -0.2) is 4.98 Å². The molecule has 0 saturated heterocycles. The molecule has 1 aromatic rings. The van der Waals surface area contributed by atoms with Gasteiger partial charge in [0, 0.05) is 19.3 Å². The van der Waals surface area contributed by atoms with Crippen molar-refractivity contribution in [2.24, 2.45) is 0 Å². The molecule has 3 nitrogen and oxygen atoms in total. The molecule has 0 aliphatic heterocycles. The molecule has 1 N–H and O–H groups in total. The molecule has 1 aromatic heterocycles. The van der Waals surface area contributed by atoms with Gasteiger partial charge in [0.2, 0.25) is 0 Å². The molecule has 3 heteroatoms. The molecule has 0 bridgehead atoms. The molecule has 0 radical (unpaired) electrons. The number of imidazole rings is 1. The number of aryl methyl sites for hydroxylation is 1. The minimum Gasteiger partial charge on any atom is -0.337 e. The molecule has 0 aromatic carbocycles. The van der Waals surface area contributed by atoms with Crippen LogP contribution in [0.4, 0.5) is 0 Å². The van der Waals surface area contributed by atoms with Crippen molar-refractivity contribution in [3.05, 3.63) is 18.2 Å². The van der Waals surface area contributed by atoms with Crippen molar-refractivity contribution < 1.29 is 0 Å². The molecule has 0 atom stereocenters. The molecule has 0 unspecified atom stereocenters. The predicted octanol–water partition coefficient (Wildman–Crippen LogP) is 1.79. The summed E-state index contributed by atoms with van der Waals surface area (Å²) in [4.78, 5) is 4.31. The molecular weight excluding hydrogens is 162 g/mol. The zero-order valence-electron chi connectivity index (χ0n) is 8.58. The summed E-state index contributed by atoms with van der Waals surface area (Å²) in [5.41, 5.74) is 1.14. The van der Waals surface area contributed by atoms with E-state index < -0.39 is 0 Å². The number of rotatable bonds is 6. The SMILES string of the molecule is CCCCn1cnc(CNCC)c1. The second-order valence-electron chi connectivity index (χ2n) is 3.24. The molecule has 0 amide bonds. The highest BCUT2D eigenvalue weighted by Gasteiger charge is 1.96. The van der Waals surface area contributed by atoms with Gasteiger partial charge in [-0.1, -0.05) is 20.3 Å². The van der Waals surface area contributed by atoms with Gasteiger partial charge < -0.3 is 9.88 Å². The average molecular weight is 181 g/mol. The van der Waals surface area contributed by atoms with E-state index in [1.54, 1.807) is 0 Å². The van der Waals surface area contributed by atoms with Crippen LogP contribution >= 0.6 is 0 Å². The summed E-state index contributed by atoms with van der Waals surface area (Å²) in [5, 5.41) is 3.26. The molecule has 0 aliphatic carbocycles. The standard InChI is InChI=1S/C10H19N3/c1-3-5-6-13-8-10(12-9-13)7-11-4-2/h8-9,11H,3-7H2,1-2H3. The second-order valence-corrected chi connectivity index (χ2v) is 3.24. The van der Waals surface area contributed by atoms with E-state index in [1.807, 2.05) is 6.33 Å². The van der Waals surface area contributed by atoms with E-state index in [1.165, 1.54) is 12.8 Å². The van der Waals surface area contributed by atoms with Crippen LogP contribution in [-0.2, 0) is 13.1 Å². The van der Waals surface area contributed by atoms with Gasteiger partial charge in [0.15, 0.2) is 0 Å². The summed E-state index contributed by atoms with van der Waals surface area (Å²) >= 11 is 0. The van der Waals surface area contributed by atoms with Gasteiger partial charge in [-0.15, -0.1) is 0 Å². The lowest BCUT2D eigenvalue weighted by Gasteiger charge is -1.98. The maximum atomic E-state index is 4.31. The van der Waals surface area contributed by atoms with Crippen LogP contribution in [0.2, 0.25) is 0 Å². The third-order valence-corrected chi connectivity index (χ3v) is 2.01.